The number of benzene rings is 1. The van der Waals surface area contributed by atoms with Crippen LogP contribution in [0.1, 0.15) is 11.1 Å². The zero-order valence-corrected chi connectivity index (χ0v) is 11.1. The summed E-state index contributed by atoms with van der Waals surface area (Å²) >= 11 is 3.52. The van der Waals surface area contributed by atoms with Crippen LogP contribution in [0.15, 0.2) is 35.1 Å². The molecule has 0 saturated carbocycles. The molecular weight excluding hydrogens is 282 g/mol. The molecule has 0 aliphatic carbocycles. The number of rotatable bonds is 4. The van der Waals surface area contributed by atoms with Gasteiger partial charge in [0.1, 0.15) is 5.75 Å². The van der Waals surface area contributed by atoms with Gasteiger partial charge in [-0.3, -0.25) is 4.68 Å². The van der Waals surface area contributed by atoms with E-state index in [1.807, 2.05) is 29.1 Å². The van der Waals surface area contributed by atoms with E-state index in [0.29, 0.717) is 13.1 Å². The van der Waals surface area contributed by atoms with Crippen molar-refractivity contribution in [2.45, 2.75) is 13.1 Å². The number of nitrogens with zero attached hydrogens (tertiary/aromatic N) is 2. The normalized spacial score (nSPS) is 10.5. The Hall–Kier alpha value is -1.33. The second-order valence-corrected chi connectivity index (χ2v) is 4.56. The van der Waals surface area contributed by atoms with Crippen molar-refractivity contribution in [3.63, 3.8) is 0 Å². The molecule has 0 spiro atoms. The average Bonchev–Trinajstić information content (AvgIpc) is 2.80. The van der Waals surface area contributed by atoms with Crippen molar-refractivity contribution < 1.29 is 4.74 Å². The standard InChI is InChI=1S/C12H14BrN3O/c1-17-11-2-3-12(13)10(4-11)8-16-7-9(5-14)6-15-16/h2-4,6-7H,5,8,14H2,1H3. The van der Waals surface area contributed by atoms with Crippen molar-refractivity contribution in [3.8, 4) is 5.75 Å². The third-order valence-corrected chi connectivity index (χ3v) is 3.28. The molecule has 2 aromatic rings. The maximum atomic E-state index is 5.55. The molecule has 0 aliphatic rings. The molecular formula is C12H14BrN3O. The molecule has 17 heavy (non-hydrogen) atoms. The summed E-state index contributed by atoms with van der Waals surface area (Å²) in [5.74, 6) is 0.842. The Morgan fingerprint density at radius 3 is 2.94 bits per heavy atom. The molecule has 0 aliphatic heterocycles. The van der Waals surface area contributed by atoms with Crippen molar-refractivity contribution in [2.75, 3.05) is 7.11 Å². The van der Waals surface area contributed by atoms with Crippen LogP contribution in [-0.2, 0) is 13.1 Å². The van der Waals surface area contributed by atoms with Gasteiger partial charge in [0.05, 0.1) is 19.9 Å². The highest BCUT2D eigenvalue weighted by molar-refractivity contribution is 9.10. The maximum absolute atomic E-state index is 5.55. The summed E-state index contributed by atoms with van der Waals surface area (Å²) in [5, 5.41) is 4.25. The lowest BCUT2D eigenvalue weighted by molar-refractivity contribution is 0.414. The largest absolute Gasteiger partial charge is 0.497 e. The Balaban J connectivity index is 2.22. The highest BCUT2D eigenvalue weighted by atomic mass is 79.9. The van der Waals surface area contributed by atoms with Crippen LogP contribution in [0.25, 0.3) is 0 Å². The van der Waals surface area contributed by atoms with Gasteiger partial charge in [-0.05, 0) is 23.8 Å². The van der Waals surface area contributed by atoms with E-state index in [1.54, 1.807) is 13.3 Å². The Kier molecular flexibility index (Phi) is 3.81. The van der Waals surface area contributed by atoms with Crippen LogP contribution >= 0.6 is 15.9 Å². The minimum atomic E-state index is 0.513. The Bertz CT molecular complexity index is 510. The molecule has 0 saturated heterocycles. The van der Waals surface area contributed by atoms with E-state index in [0.717, 1.165) is 21.3 Å². The second kappa shape index (κ2) is 5.33. The van der Waals surface area contributed by atoms with Crippen molar-refractivity contribution >= 4 is 15.9 Å². The van der Waals surface area contributed by atoms with Crippen LogP contribution in [0.4, 0.5) is 0 Å². The average molecular weight is 296 g/mol. The summed E-state index contributed by atoms with van der Waals surface area (Å²) in [6.45, 7) is 1.21. The third kappa shape index (κ3) is 2.87. The first-order chi connectivity index (χ1) is 8.22. The fraction of sp³-hybridized carbons (Fsp3) is 0.250. The predicted octanol–water partition coefficient (Wildman–Crippen LogP) is 2.16. The molecule has 0 fully saturated rings. The second-order valence-electron chi connectivity index (χ2n) is 3.71. The number of methoxy groups -OCH3 is 1. The quantitative estimate of drug-likeness (QED) is 0.940. The molecule has 1 aromatic carbocycles. The summed E-state index contributed by atoms with van der Waals surface area (Å²) in [5.41, 5.74) is 7.70. The minimum absolute atomic E-state index is 0.513. The zero-order valence-electron chi connectivity index (χ0n) is 9.56. The number of ether oxygens (including phenoxy) is 1. The lowest BCUT2D eigenvalue weighted by Gasteiger charge is -2.07. The molecule has 0 radical (unpaired) electrons. The van der Waals surface area contributed by atoms with Crippen molar-refractivity contribution in [1.82, 2.24) is 9.78 Å². The van der Waals surface area contributed by atoms with E-state index in [1.165, 1.54) is 0 Å². The summed E-state index contributed by atoms with van der Waals surface area (Å²) in [6, 6.07) is 5.89. The van der Waals surface area contributed by atoms with E-state index < -0.39 is 0 Å². The molecule has 1 aromatic heterocycles. The van der Waals surface area contributed by atoms with E-state index >= 15 is 0 Å². The highest BCUT2D eigenvalue weighted by Crippen LogP contribution is 2.23. The molecule has 5 heteroatoms. The predicted molar refractivity (Wildman–Crippen MR) is 69.9 cm³/mol. The number of aromatic nitrogens is 2. The molecule has 2 N–H and O–H groups in total. The fourth-order valence-corrected chi connectivity index (χ4v) is 1.94. The third-order valence-electron chi connectivity index (χ3n) is 2.51. The van der Waals surface area contributed by atoms with E-state index in [2.05, 4.69) is 21.0 Å². The summed E-state index contributed by atoms with van der Waals surface area (Å²) < 4.78 is 8.11. The molecule has 0 bridgehead atoms. The van der Waals surface area contributed by atoms with Crippen molar-refractivity contribution in [1.29, 1.82) is 0 Å². The lowest BCUT2D eigenvalue weighted by Crippen LogP contribution is -2.01. The van der Waals surface area contributed by atoms with Crippen molar-refractivity contribution in [3.05, 3.63) is 46.2 Å². The SMILES string of the molecule is COc1ccc(Br)c(Cn2cc(CN)cn2)c1. The van der Waals surface area contributed by atoms with Gasteiger partial charge in [-0.1, -0.05) is 15.9 Å². The first-order valence-corrected chi connectivity index (χ1v) is 6.06. The molecule has 90 valence electrons. The molecule has 1 heterocycles. The van der Waals surface area contributed by atoms with Gasteiger partial charge in [-0.25, -0.2) is 0 Å². The zero-order chi connectivity index (χ0) is 12.3. The van der Waals surface area contributed by atoms with Crippen LogP contribution in [0.5, 0.6) is 5.75 Å². The first kappa shape index (κ1) is 12.1. The molecule has 0 unspecified atom stereocenters. The molecule has 2 rings (SSSR count). The van der Waals surface area contributed by atoms with E-state index in [4.69, 9.17) is 10.5 Å². The number of hydrogen-bond donors (Lipinski definition) is 1. The van der Waals surface area contributed by atoms with Crippen LogP contribution in [0, 0.1) is 0 Å². The molecule has 4 nitrogen and oxygen atoms in total. The van der Waals surface area contributed by atoms with Gasteiger partial charge in [-0.15, -0.1) is 0 Å². The smallest absolute Gasteiger partial charge is 0.119 e. The highest BCUT2D eigenvalue weighted by Gasteiger charge is 2.04. The Morgan fingerprint density at radius 1 is 1.47 bits per heavy atom. The monoisotopic (exact) mass is 295 g/mol. The topological polar surface area (TPSA) is 53.1 Å². The van der Waals surface area contributed by atoms with Crippen LogP contribution in [0.2, 0.25) is 0 Å². The molecule has 0 amide bonds. The van der Waals surface area contributed by atoms with Gasteiger partial charge in [0.2, 0.25) is 0 Å². The summed E-state index contributed by atoms with van der Waals surface area (Å²) in [4.78, 5) is 0. The van der Waals surface area contributed by atoms with Crippen LogP contribution in [-0.4, -0.2) is 16.9 Å². The van der Waals surface area contributed by atoms with Gasteiger partial charge in [-0.2, -0.15) is 5.10 Å². The Morgan fingerprint density at radius 2 is 2.29 bits per heavy atom. The Labute approximate surface area is 109 Å². The van der Waals surface area contributed by atoms with Crippen LogP contribution < -0.4 is 10.5 Å². The number of halogens is 1. The van der Waals surface area contributed by atoms with Gasteiger partial charge in [0.15, 0.2) is 0 Å². The lowest BCUT2D eigenvalue weighted by atomic mass is 10.2. The number of hydrogen-bond acceptors (Lipinski definition) is 3. The molecule has 0 atom stereocenters. The first-order valence-electron chi connectivity index (χ1n) is 5.26. The van der Waals surface area contributed by atoms with Gasteiger partial charge < -0.3 is 10.5 Å². The minimum Gasteiger partial charge on any atom is -0.497 e. The van der Waals surface area contributed by atoms with Crippen molar-refractivity contribution in [2.24, 2.45) is 5.73 Å². The van der Waals surface area contributed by atoms with Crippen LogP contribution in [0.3, 0.4) is 0 Å². The fourth-order valence-electron chi connectivity index (χ4n) is 1.57. The van der Waals surface area contributed by atoms with Gasteiger partial charge >= 0.3 is 0 Å². The van der Waals surface area contributed by atoms with Gasteiger partial charge in [0, 0.05) is 22.8 Å². The summed E-state index contributed by atoms with van der Waals surface area (Å²) in [6.07, 6.45) is 3.74. The maximum Gasteiger partial charge on any atom is 0.119 e. The summed E-state index contributed by atoms with van der Waals surface area (Å²) in [7, 11) is 1.66. The van der Waals surface area contributed by atoms with Gasteiger partial charge in [0.25, 0.3) is 0 Å². The van der Waals surface area contributed by atoms with E-state index in [-0.39, 0.29) is 0 Å². The van der Waals surface area contributed by atoms with E-state index in [9.17, 15) is 0 Å². The number of nitrogens with two attached hydrogens (primary N) is 1.